The molecule has 1 fully saturated rings. The fourth-order valence-corrected chi connectivity index (χ4v) is 2.54. The van der Waals surface area contributed by atoms with Crippen molar-refractivity contribution < 1.29 is 14.6 Å². The van der Waals surface area contributed by atoms with Gasteiger partial charge in [-0.15, -0.1) is 0 Å². The van der Waals surface area contributed by atoms with Gasteiger partial charge in [0.15, 0.2) is 6.61 Å². The molecule has 0 saturated carbocycles. The molecule has 0 bridgehead atoms. The highest BCUT2D eigenvalue weighted by Crippen LogP contribution is 2.19. The molecule has 4 heteroatoms. The number of nitrogens with zero attached hydrogens (tertiary/aromatic N) is 1. The zero-order valence-electron chi connectivity index (χ0n) is 12.0. The molecule has 4 nitrogen and oxygen atoms in total. The minimum Gasteiger partial charge on any atom is -0.484 e. The van der Waals surface area contributed by atoms with Gasteiger partial charge in [-0.25, -0.2) is 0 Å². The Balaban J connectivity index is 1.77. The van der Waals surface area contributed by atoms with Gasteiger partial charge in [0.2, 0.25) is 0 Å². The van der Waals surface area contributed by atoms with Crippen LogP contribution >= 0.6 is 0 Å². The number of likely N-dealkylation sites (tertiary alicyclic amines) is 1. The molecule has 1 unspecified atom stereocenters. The van der Waals surface area contributed by atoms with Gasteiger partial charge in [0.05, 0.1) is 0 Å². The predicted molar refractivity (Wildman–Crippen MR) is 77.7 cm³/mol. The Morgan fingerprint density at radius 1 is 1.40 bits per heavy atom. The molecule has 0 aromatic heterocycles. The SMILES string of the molecule is CCc1ccc(OCC(=O)N2CCC(CCO)C2)cc1. The van der Waals surface area contributed by atoms with E-state index >= 15 is 0 Å². The molecular weight excluding hydrogens is 254 g/mol. The van der Waals surface area contributed by atoms with Crippen molar-refractivity contribution in [2.45, 2.75) is 26.2 Å². The van der Waals surface area contributed by atoms with Crippen LogP contribution in [0.25, 0.3) is 0 Å². The second kappa shape index (κ2) is 7.29. The summed E-state index contributed by atoms with van der Waals surface area (Å²) in [7, 11) is 0. The van der Waals surface area contributed by atoms with E-state index in [4.69, 9.17) is 9.84 Å². The molecule has 1 aliphatic rings. The van der Waals surface area contributed by atoms with Gasteiger partial charge in [0.1, 0.15) is 5.75 Å². The molecule has 110 valence electrons. The van der Waals surface area contributed by atoms with E-state index in [1.807, 2.05) is 29.2 Å². The van der Waals surface area contributed by atoms with Crippen molar-refractivity contribution in [3.63, 3.8) is 0 Å². The summed E-state index contributed by atoms with van der Waals surface area (Å²) < 4.78 is 5.53. The summed E-state index contributed by atoms with van der Waals surface area (Å²) >= 11 is 0. The number of aryl methyl sites for hydroxylation is 1. The second-order valence-electron chi connectivity index (χ2n) is 5.29. The number of carbonyl (C=O) groups excluding carboxylic acids is 1. The van der Waals surface area contributed by atoms with Gasteiger partial charge >= 0.3 is 0 Å². The average Bonchev–Trinajstić information content (AvgIpc) is 2.94. The lowest BCUT2D eigenvalue weighted by Gasteiger charge is -2.16. The van der Waals surface area contributed by atoms with Gasteiger partial charge in [-0.05, 0) is 42.9 Å². The number of ether oxygens (including phenoxy) is 1. The number of hydrogen-bond acceptors (Lipinski definition) is 3. The maximum atomic E-state index is 12.0. The van der Waals surface area contributed by atoms with Crippen LogP contribution in [0, 0.1) is 5.92 Å². The first kappa shape index (κ1) is 14.9. The van der Waals surface area contributed by atoms with E-state index in [-0.39, 0.29) is 19.1 Å². The van der Waals surface area contributed by atoms with Crippen LogP contribution in [0.3, 0.4) is 0 Å². The summed E-state index contributed by atoms with van der Waals surface area (Å²) in [5, 5.41) is 8.92. The van der Waals surface area contributed by atoms with Crippen LogP contribution in [0.4, 0.5) is 0 Å². The van der Waals surface area contributed by atoms with Crippen LogP contribution < -0.4 is 4.74 Å². The van der Waals surface area contributed by atoms with Crippen LogP contribution in [-0.4, -0.2) is 42.2 Å². The first-order chi connectivity index (χ1) is 9.72. The van der Waals surface area contributed by atoms with Gasteiger partial charge in [-0.2, -0.15) is 0 Å². The molecule has 0 radical (unpaired) electrons. The smallest absolute Gasteiger partial charge is 0.260 e. The summed E-state index contributed by atoms with van der Waals surface area (Å²) in [4.78, 5) is 13.9. The minimum absolute atomic E-state index is 0.0324. The molecule has 2 rings (SSSR count). The molecule has 1 aromatic rings. The van der Waals surface area contributed by atoms with E-state index < -0.39 is 0 Å². The average molecular weight is 277 g/mol. The van der Waals surface area contributed by atoms with E-state index in [1.165, 1.54) is 5.56 Å². The van der Waals surface area contributed by atoms with Crippen molar-refractivity contribution in [2.24, 2.45) is 5.92 Å². The number of amides is 1. The van der Waals surface area contributed by atoms with Gasteiger partial charge < -0.3 is 14.7 Å². The monoisotopic (exact) mass is 277 g/mol. The Hall–Kier alpha value is -1.55. The van der Waals surface area contributed by atoms with Crippen molar-refractivity contribution in [3.05, 3.63) is 29.8 Å². The van der Waals surface area contributed by atoms with E-state index in [2.05, 4.69) is 6.92 Å². The summed E-state index contributed by atoms with van der Waals surface area (Å²) in [6, 6.07) is 7.86. The molecule has 1 amide bonds. The van der Waals surface area contributed by atoms with Crippen molar-refractivity contribution in [1.29, 1.82) is 0 Å². The van der Waals surface area contributed by atoms with Crippen molar-refractivity contribution in [3.8, 4) is 5.75 Å². The van der Waals surface area contributed by atoms with Gasteiger partial charge in [-0.1, -0.05) is 19.1 Å². The van der Waals surface area contributed by atoms with Crippen molar-refractivity contribution in [2.75, 3.05) is 26.3 Å². The van der Waals surface area contributed by atoms with Crippen LogP contribution in [0.15, 0.2) is 24.3 Å². The summed E-state index contributed by atoms with van der Waals surface area (Å²) in [6.07, 6.45) is 2.76. The molecule has 0 aliphatic carbocycles. The maximum absolute atomic E-state index is 12.0. The second-order valence-corrected chi connectivity index (χ2v) is 5.29. The third-order valence-electron chi connectivity index (χ3n) is 3.87. The van der Waals surface area contributed by atoms with Crippen LogP contribution in [-0.2, 0) is 11.2 Å². The summed E-state index contributed by atoms with van der Waals surface area (Å²) in [5.74, 6) is 1.21. The number of aliphatic hydroxyl groups excluding tert-OH is 1. The number of carbonyl (C=O) groups is 1. The highest BCUT2D eigenvalue weighted by molar-refractivity contribution is 5.78. The first-order valence-electron chi connectivity index (χ1n) is 7.33. The van der Waals surface area contributed by atoms with Crippen molar-refractivity contribution >= 4 is 5.91 Å². The highest BCUT2D eigenvalue weighted by Gasteiger charge is 2.25. The normalized spacial score (nSPS) is 18.3. The highest BCUT2D eigenvalue weighted by atomic mass is 16.5. The van der Waals surface area contributed by atoms with E-state index in [9.17, 15) is 4.79 Å². The Labute approximate surface area is 120 Å². The van der Waals surface area contributed by atoms with Crippen LogP contribution in [0.1, 0.15) is 25.3 Å². The quantitative estimate of drug-likeness (QED) is 0.863. The molecule has 1 saturated heterocycles. The van der Waals surface area contributed by atoms with Crippen LogP contribution in [0.2, 0.25) is 0 Å². The molecule has 1 aliphatic heterocycles. The Morgan fingerprint density at radius 2 is 2.15 bits per heavy atom. The minimum atomic E-state index is 0.0324. The molecule has 1 aromatic carbocycles. The first-order valence-corrected chi connectivity index (χ1v) is 7.33. The lowest BCUT2D eigenvalue weighted by molar-refractivity contribution is -0.132. The summed E-state index contributed by atoms with van der Waals surface area (Å²) in [6.45, 7) is 3.93. The van der Waals surface area contributed by atoms with E-state index in [0.717, 1.165) is 38.1 Å². The molecule has 1 atom stereocenters. The Morgan fingerprint density at radius 3 is 2.80 bits per heavy atom. The number of rotatable bonds is 6. The largest absolute Gasteiger partial charge is 0.484 e. The number of hydrogen-bond donors (Lipinski definition) is 1. The fourth-order valence-electron chi connectivity index (χ4n) is 2.54. The van der Waals surface area contributed by atoms with Crippen molar-refractivity contribution in [1.82, 2.24) is 4.90 Å². The van der Waals surface area contributed by atoms with Crippen LogP contribution in [0.5, 0.6) is 5.75 Å². The standard InChI is InChI=1S/C16H23NO3/c1-2-13-3-5-15(6-4-13)20-12-16(19)17-9-7-14(11-17)8-10-18/h3-6,14,18H,2,7-12H2,1H3. The van der Waals surface area contributed by atoms with Gasteiger partial charge in [-0.3, -0.25) is 4.79 Å². The van der Waals surface area contributed by atoms with E-state index in [1.54, 1.807) is 0 Å². The topological polar surface area (TPSA) is 49.8 Å². The van der Waals surface area contributed by atoms with Gasteiger partial charge in [0, 0.05) is 19.7 Å². The molecule has 0 spiro atoms. The summed E-state index contributed by atoms with van der Waals surface area (Å²) in [5.41, 5.74) is 1.26. The maximum Gasteiger partial charge on any atom is 0.260 e. The van der Waals surface area contributed by atoms with E-state index in [0.29, 0.717) is 5.92 Å². The predicted octanol–water partition coefficient (Wildman–Crippen LogP) is 1.86. The fraction of sp³-hybridized carbons (Fsp3) is 0.562. The zero-order chi connectivity index (χ0) is 14.4. The van der Waals surface area contributed by atoms with Gasteiger partial charge in [0.25, 0.3) is 5.91 Å². The molecule has 1 heterocycles. The number of aliphatic hydroxyl groups is 1. The third-order valence-corrected chi connectivity index (χ3v) is 3.87. The Bertz CT molecular complexity index is 430. The number of benzene rings is 1. The Kier molecular flexibility index (Phi) is 5.41. The third kappa shape index (κ3) is 3.97. The molecular formula is C16H23NO3. The molecule has 20 heavy (non-hydrogen) atoms. The lowest BCUT2D eigenvalue weighted by Crippen LogP contribution is -2.33. The lowest BCUT2D eigenvalue weighted by atomic mass is 10.1. The molecule has 1 N–H and O–H groups in total. The zero-order valence-corrected chi connectivity index (χ0v) is 12.0.